The minimum atomic E-state index is -2.72. The maximum absolute atomic E-state index is 7.98. The number of para-hydroxylation sites is 1. The van der Waals surface area contributed by atoms with E-state index in [1.54, 1.807) is 0 Å². The van der Waals surface area contributed by atoms with E-state index in [-0.39, 0.29) is 21.7 Å². The molecule has 0 fully saturated rings. The van der Waals surface area contributed by atoms with Gasteiger partial charge in [0.1, 0.15) is 19.2 Å². The van der Waals surface area contributed by atoms with Crippen molar-refractivity contribution >= 4 is 126 Å². The summed E-state index contributed by atoms with van der Waals surface area (Å²) in [5, 5.41) is 11.1. The SMILES string of the molecule is CC(C)(C)c1ccc(N(c2ccc(C(C)(C)C)cc2)c2ccc(C3(c4ccc([Si](C)(C)C)cc4)c4cc(N(c5ccc(C(C)(C)C)cc5)c5cccc6ccccc56)c5c(c4-c4c3cc(N(c3ccc(C(C)(C)C)cc3)c3cccc6ccccc36)c3c4oc4ccccc43)-c3ccccc3[Si]5(C)C)cc2)cc1. The number of benzene rings is 14. The number of hydrogen-bond donors (Lipinski definition) is 0. The number of nitrogens with zero attached hydrogens (tertiary/aromatic N) is 3. The van der Waals surface area contributed by atoms with Crippen LogP contribution in [0.1, 0.15) is 128 Å². The summed E-state index contributed by atoms with van der Waals surface area (Å²) in [5.41, 5.74) is 25.3. The van der Waals surface area contributed by atoms with Crippen LogP contribution in [-0.2, 0) is 27.1 Å². The van der Waals surface area contributed by atoms with Crippen LogP contribution in [0.2, 0.25) is 32.7 Å². The van der Waals surface area contributed by atoms with Gasteiger partial charge in [-0.05, 0) is 195 Å². The Morgan fingerprint density at radius 3 is 1.17 bits per heavy atom. The molecule has 536 valence electrons. The van der Waals surface area contributed by atoms with Gasteiger partial charge in [-0.1, -0.05) is 321 Å². The zero-order chi connectivity index (χ0) is 75.4. The van der Waals surface area contributed by atoms with Gasteiger partial charge in [0.05, 0.1) is 35.9 Å². The molecule has 1 unspecified atom stereocenters. The number of furan rings is 1. The van der Waals surface area contributed by atoms with Crippen LogP contribution in [0.25, 0.3) is 65.7 Å². The predicted octanol–water partition coefficient (Wildman–Crippen LogP) is 27.2. The second-order valence-electron chi connectivity index (χ2n) is 36.2. The number of hydrogen-bond acceptors (Lipinski definition) is 4. The van der Waals surface area contributed by atoms with E-state index in [9.17, 15) is 0 Å². The van der Waals surface area contributed by atoms with Crippen molar-refractivity contribution in [2.24, 2.45) is 0 Å². The molecular weight excluding hydrogens is 1340 g/mol. The molecule has 17 rings (SSSR count). The first kappa shape index (κ1) is 70.2. The number of anilines is 9. The molecular formula is C102H99N3OSi2. The molecule has 2 aliphatic rings. The zero-order valence-corrected chi connectivity index (χ0v) is 68.0. The van der Waals surface area contributed by atoms with Crippen LogP contribution in [0.5, 0.6) is 0 Å². The highest BCUT2D eigenvalue weighted by Gasteiger charge is 2.54. The quantitative estimate of drug-likeness (QED) is 0.114. The van der Waals surface area contributed by atoms with E-state index >= 15 is 0 Å². The molecule has 0 bridgehead atoms. The molecule has 0 spiro atoms. The first-order valence-corrected chi connectivity index (χ1v) is 45.3. The van der Waals surface area contributed by atoms with Crippen molar-refractivity contribution < 1.29 is 4.42 Å². The van der Waals surface area contributed by atoms with Gasteiger partial charge in [-0.25, -0.2) is 0 Å². The topological polar surface area (TPSA) is 22.9 Å². The van der Waals surface area contributed by atoms with Crippen molar-refractivity contribution in [2.75, 3.05) is 14.7 Å². The lowest BCUT2D eigenvalue weighted by Gasteiger charge is -2.38. The maximum atomic E-state index is 7.98. The highest BCUT2D eigenvalue weighted by molar-refractivity contribution is 7.05. The van der Waals surface area contributed by atoms with E-state index in [0.717, 1.165) is 84.0 Å². The van der Waals surface area contributed by atoms with Crippen molar-refractivity contribution in [1.29, 1.82) is 0 Å². The molecule has 1 aliphatic heterocycles. The van der Waals surface area contributed by atoms with Crippen molar-refractivity contribution in [2.45, 2.75) is 143 Å². The fourth-order valence-electron chi connectivity index (χ4n) is 17.8. The summed E-state index contributed by atoms with van der Waals surface area (Å²) in [6, 6.07) is 113. The lowest BCUT2D eigenvalue weighted by atomic mass is 9.67. The van der Waals surface area contributed by atoms with Gasteiger partial charge in [-0.3, -0.25) is 0 Å². The third-order valence-electron chi connectivity index (χ3n) is 23.7. The molecule has 14 aromatic carbocycles. The van der Waals surface area contributed by atoms with E-state index in [0.29, 0.717) is 0 Å². The first-order valence-electron chi connectivity index (χ1n) is 38.8. The number of rotatable bonds is 12. The summed E-state index contributed by atoms with van der Waals surface area (Å²) >= 11 is 0. The summed E-state index contributed by atoms with van der Waals surface area (Å²) < 4.78 is 7.98. The van der Waals surface area contributed by atoms with Crippen LogP contribution in [0.15, 0.2) is 296 Å². The predicted molar refractivity (Wildman–Crippen MR) is 470 cm³/mol. The van der Waals surface area contributed by atoms with Crippen LogP contribution in [0, 0.1) is 0 Å². The van der Waals surface area contributed by atoms with E-state index in [4.69, 9.17) is 4.42 Å². The summed E-state index contributed by atoms with van der Waals surface area (Å²) in [4.78, 5) is 7.70. The Bertz CT molecular complexity index is 5940. The molecule has 0 N–H and O–H groups in total. The third kappa shape index (κ3) is 11.5. The van der Waals surface area contributed by atoms with Gasteiger partial charge in [0.2, 0.25) is 0 Å². The molecule has 108 heavy (non-hydrogen) atoms. The van der Waals surface area contributed by atoms with Crippen LogP contribution in [0.3, 0.4) is 0 Å². The Labute approximate surface area is 642 Å². The van der Waals surface area contributed by atoms with Gasteiger partial charge in [0.25, 0.3) is 0 Å². The minimum Gasteiger partial charge on any atom is -0.455 e. The second-order valence-corrected chi connectivity index (χ2v) is 45.5. The molecule has 1 atom stereocenters. The molecule has 2 heterocycles. The Morgan fingerprint density at radius 1 is 0.333 bits per heavy atom. The van der Waals surface area contributed by atoms with Gasteiger partial charge in [-0.15, -0.1) is 0 Å². The average molecular weight is 1440 g/mol. The summed E-state index contributed by atoms with van der Waals surface area (Å²) in [6.07, 6.45) is 0. The van der Waals surface area contributed by atoms with Gasteiger partial charge >= 0.3 is 0 Å². The fraction of sp³-hybridized carbons (Fsp3) is 0.216. The Hall–Kier alpha value is -10.8. The molecule has 4 nitrogen and oxygen atoms in total. The molecule has 6 heteroatoms. The fourth-order valence-corrected chi connectivity index (χ4v) is 22.3. The molecule has 1 aromatic heterocycles. The lowest BCUT2D eigenvalue weighted by Crippen LogP contribution is -2.50. The third-order valence-corrected chi connectivity index (χ3v) is 29.3. The second kappa shape index (κ2) is 25.4. The molecule has 1 aliphatic carbocycles. The van der Waals surface area contributed by atoms with E-state index in [1.165, 1.54) is 93.0 Å². The highest BCUT2D eigenvalue weighted by atomic mass is 28.3. The van der Waals surface area contributed by atoms with Gasteiger partial charge in [0, 0.05) is 55.8 Å². The zero-order valence-electron chi connectivity index (χ0n) is 66.0. The van der Waals surface area contributed by atoms with E-state index < -0.39 is 21.6 Å². The van der Waals surface area contributed by atoms with Crippen LogP contribution < -0.4 is 30.3 Å². The van der Waals surface area contributed by atoms with E-state index in [2.05, 4.69) is 422 Å². The van der Waals surface area contributed by atoms with Crippen molar-refractivity contribution in [3.05, 3.63) is 336 Å². The van der Waals surface area contributed by atoms with Crippen LogP contribution in [-0.4, -0.2) is 16.1 Å². The van der Waals surface area contributed by atoms with Gasteiger partial charge < -0.3 is 19.1 Å². The lowest BCUT2D eigenvalue weighted by molar-refractivity contribution is 0.590. The van der Waals surface area contributed by atoms with Crippen molar-refractivity contribution in [1.82, 2.24) is 0 Å². The smallest absolute Gasteiger partial charge is 0.145 e. The molecule has 0 saturated carbocycles. The molecule has 0 radical (unpaired) electrons. The molecule has 0 saturated heterocycles. The van der Waals surface area contributed by atoms with Crippen LogP contribution in [0.4, 0.5) is 51.2 Å². The van der Waals surface area contributed by atoms with Crippen LogP contribution >= 0.6 is 0 Å². The Morgan fingerprint density at radius 2 is 0.704 bits per heavy atom. The molecule has 15 aromatic rings. The van der Waals surface area contributed by atoms with Crippen molar-refractivity contribution in [3.63, 3.8) is 0 Å². The Kier molecular flexibility index (Phi) is 16.5. The monoisotopic (exact) mass is 1440 g/mol. The van der Waals surface area contributed by atoms with E-state index in [1.807, 2.05) is 0 Å². The first-order chi connectivity index (χ1) is 51.5. The normalized spacial score (nSPS) is 14.8. The van der Waals surface area contributed by atoms with Gasteiger partial charge in [-0.2, -0.15) is 0 Å². The Balaban J connectivity index is 1.07. The summed E-state index contributed by atoms with van der Waals surface area (Å²) in [6.45, 7) is 40.4. The summed E-state index contributed by atoms with van der Waals surface area (Å²) in [7, 11) is -4.60. The standard InChI is InChI=1S/C102H99N3OSi2/c1-98(2,3)68-40-52-74(53-41-68)103(75-54-42-69(43-55-75)99(4,5)6)76-60-48-72(49-61-76)102(73-50-62-79(63-51-73)107(13,14)15)84-65-89(105(78-58-46-71(47-59-78)101(10,11)12)87-37-27-31-67-29-19-21-33-81(67)87)97-93(83-35-23-25-39-91(83)108(97,16)17)94(84)95-85(102)64-88(92-82-34-22-24-38-90(82)106-96(92)95)104(77-56-44-70(45-57-77)100(7,8)9)86-36-26-30-66-28-18-20-32-80(66)86/h18-65H,1-17H3. The minimum absolute atomic E-state index is 0.0196. The van der Waals surface area contributed by atoms with Gasteiger partial charge in [0.15, 0.2) is 0 Å². The maximum Gasteiger partial charge on any atom is 0.145 e. The largest absolute Gasteiger partial charge is 0.455 e. The van der Waals surface area contributed by atoms with Crippen molar-refractivity contribution in [3.8, 4) is 22.3 Å². The molecule has 0 amide bonds. The number of fused-ring (bicyclic) bond motifs is 13. The average Bonchev–Trinajstić information content (AvgIpc) is 1.44. The summed E-state index contributed by atoms with van der Waals surface area (Å²) in [5.74, 6) is 0. The highest BCUT2D eigenvalue weighted by Crippen LogP contribution is 2.65.